The van der Waals surface area contributed by atoms with Gasteiger partial charge in [-0.2, -0.15) is 0 Å². The topological polar surface area (TPSA) is 45.8 Å². The number of nitrogens with zero attached hydrogens (tertiary/aromatic N) is 1. The summed E-state index contributed by atoms with van der Waals surface area (Å²) in [5.74, 6) is 1.10. The van der Waals surface area contributed by atoms with Crippen molar-refractivity contribution >= 4 is 15.9 Å². The lowest BCUT2D eigenvalue weighted by Crippen LogP contribution is -2.22. The molecule has 0 unspecified atom stereocenters. The van der Waals surface area contributed by atoms with E-state index in [-0.39, 0.29) is 11.0 Å². The first-order valence-electron chi connectivity index (χ1n) is 7.11. The van der Waals surface area contributed by atoms with Crippen LogP contribution in [-0.2, 0) is 5.41 Å². The Bertz CT molecular complexity index is 694. The predicted octanol–water partition coefficient (Wildman–Crippen LogP) is 4.62. The van der Waals surface area contributed by atoms with E-state index in [1.165, 1.54) is 5.56 Å². The molecule has 0 saturated carbocycles. The standard InChI is InChI=1S/C17H21BrN2O/c1-10(2)11-6-8-12(9-7-11)15-19-14(17(3,4)5)13(18)16(21)20-15/h6-10H,1-5H3,(H,19,20,21). The fraction of sp³-hybridized carbons (Fsp3) is 0.412. The van der Waals surface area contributed by atoms with Crippen molar-refractivity contribution in [1.29, 1.82) is 0 Å². The smallest absolute Gasteiger partial charge is 0.265 e. The normalized spacial score (nSPS) is 12.0. The van der Waals surface area contributed by atoms with Crippen LogP contribution < -0.4 is 5.56 Å². The summed E-state index contributed by atoms with van der Waals surface area (Å²) in [5, 5.41) is 0. The summed E-state index contributed by atoms with van der Waals surface area (Å²) in [4.78, 5) is 19.6. The van der Waals surface area contributed by atoms with Crippen LogP contribution in [0.4, 0.5) is 0 Å². The number of aromatic amines is 1. The maximum Gasteiger partial charge on any atom is 0.265 e. The van der Waals surface area contributed by atoms with E-state index in [9.17, 15) is 4.79 Å². The molecule has 1 aromatic carbocycles. The molecule has 3 nitrogen and oxygen atoms in total. The third-order valence-corrected chi connectivity index (χ3v) is 4.16. The summed E-state index contributed by atoms with van der Waals surface area (Å²) >= 11 is 3.35. The number of nitrogens with one attached hydrogen (secondary N) is 1. The molecule has 0 spiro atoms. The average Bonchev–Trinajstić information content (AvgIpc) is 2.40. The molecule has 4 heteroatoms. The van der Waals surface area contributed by atoms with E-state index in [1.807, 2.05) is 32.9 Å². The third kappa shape index (κ3) is 3.43. The molecule has 21 heavy (non-hydrogen) atoms. The van der Waals surface area contributed by atoms with Crippen LogP contribution in [0.3, 0.4) is 0 Å². The zero-order valence-electron chi connectivity index (χ0n) is 13.1. The highest BCUT2D eigenvalue weighted by atomic mass is 79.9. The zero-order valence-corrected chi connectivity index (χ0v) is 14.7. The molecule has 0 aliphatic heterocycles. The third-order valence-electron chi connectivity index (χ3n) is 3.42. The second-order valence-electron chi connectivity index (χ2n) is 6.60. The van der Waals surface area contributed by atoms with E-state index in [1.54, 1.807) is 0 Å². The maximum atomic E-state index is 12.1. The minimum absolute atomic E-state index is 0.141. The average molecular weight is 349 g/mol. The van der Waals surface area contributed by atoms with Gasteiger partial charge in [-0.05, 0) is 27.4 Å². The molecule has 0 saturated heterocycles. The molecule has 0 bridgehead atoms. The first-order valence-corrected chi connectivity index (χ1v) is 7.90. The van der Waals surface area contributed by atoms with Crippen LogP contribution in [0.1, 0.15) is 51.8 Å². The van der Waals surface area contributed by atoms with Crippen LogP contribution in [0, 0.1) is 0 Å². The Hall–Kier alpha value is -1.42. The first kappa shape index (κ1) is 16.0. The van der Waals surface area contributed by atoms with E-state index >= 15 is 0 Å². The summed E-state index contributed by atoms with van der Waals surface area (Å²) in [6.07, 6.45) is 0. The molecule has 2 rings (SSSR count). The van der Waals surface area contributed by atoms with Crippen molar-refractivity contribution in [1.82, 2.24) is 9.97 Å². The van der Waals surface area contributed by atoms with Gasteiger partial charge in [0.15, 0.2) is 0 Å². The number of hydrogen-bond acceptors (Lipinski definition) is 2. The van der Waals surface area contributed by atoms with Gasteiger partial charge in [0, 0.05) is 11.0 Å². The van der Waals surface area contributed by atoms with Crippen molar-refractivity contribution in [2.75, 3.05) is 0 Å². The van der Waals surface area contributed by atoms with Crippen LogP contribution in [0.25, 0.3) is 11.4 Å². The quantitative estimate of drug-likeness (QED) is 0.860. The van der Waals surface area contributed by atoms with Crippen LogP contribution in [-0.4, -0.2) is 9.97 Å². The minimum Gasteiger partial charge on any atom is -0.306 e. The molecule has 0 radical (unpaired) electrons. The van der Waals surface area contributed by atoms with Crippen LogP contribution in [0.2, 0.25) is 0 Å². The number of aromatic nitrogens is 2. The van der Waals surface area contributed by atoms with Gasteiger partial charge < -0.3 is 4.98 Å². The Morgan fingerprint density at radius 3 is 2.19 bits per heavy atom. The summed E-state index contributed by atoms with van der Waals surface area (Å²) in [7, 11) is 0. The number of rotatable bonds is 2. The van der Waals surface area contributed by atoms with Crippen LogP contribution >= 0.6 is 15.9 Å². The van der Waals surface area contributed by atoms with Gasteiger partial charge in [-0.3, -0.25) is 4.79 Å². The molecule has 0 aliphatic carbocycles. The summed E-state index contributed by atoms with van der Waals surface area (Å²) in [6.45, 7) is 10.5. The number of halogens is 1. The molecule has 112 valence electrons. The fourth-order valence-electron chi connectivity index (χ4n) is 2.12. The van der Waals surface area contributed by atoms with E-state index < -0.39 is 0 Å². The van der Waals surface area contributed by atoms with Gasteiger partial charge in [-0.1, -0.05) is 58.9 Å². The second kappa shape index (κ2) is 5.76. The molecule has 2 aromatic rings. The lowest BCUT2D eigenvalue weighted by atomic mass is 9.92. The van der Waals surface area contributed by atoms with Gasteiger partial charge in [0.2, 0.25) is 0 Å². The molecule has 1 aromatic heterocycles. The molecule has 0 fully saturated rings. The van der Waals surface area contributed by atoms with Crippen molar-refractivity contribution in [2.45, 2.75) is 46.0 Å². The van der Waals surface area contributed by atoms with E-state index in [2.05, 4.69) is 51.9 Å². The number of benzene rings is 1. The van der Waals surface area contributed by atoms with Crippen LogP contribution in [0.5, 0.6) is 0 Å². The van der Waals surface area contributed by atoms with Crippen molar-refractivity contribution < 1.29 is 0 Å². The summed E-state index contributed by atoms with van der Waals surface area (Å²) < 4.78 is 0.512. The molecule has 0 amide bonds. The Morgan fingerprint density at radius 1 is 1.14 bits per heavy atom. The SMILES string of the molecule is CC(C)c1ccc(-c2nc(C(C)(C)C)c(Br)c(=O)[nH]2)cc1. The van der Waals surface area contributed by atoms with Gasteiger partial charge in [0.1, 0.15) is 10.3 Å². The van der Waals surface area contributed by atoms with Crippen molar-refractivity contribution in [3.05, 3.63) is 50.3 Å². The highest BCUT2D eigenvalue weighted by Gasteiger charge is 2.22. The Kier molecular flexibility index (Phi) is 4.38. The van der Waals surface area contributed by atoms with Crippen molar-refractivity contribution in [2.24, 2.45) is 0 Å². The molecular formula is C17H21BrN2O. The molecule has 1 heterocycles. The summed E-state index contributed by atoms with van der Waals surface area (Å²) in [6, 6.07) is 8.18. The van der Waals surface area contributed by atoms with Crippen LogP contribution in [0.15, 0.2) is 33.5 Å². The monoisotopic (exact) mass is 348 g/mol. The molecular weight excluding hydrogens is 328 g/mol. The summed E-state index contributed by atoms with van der Waals surface area (Å²) in [5.41, 5.74) is 2.63. The Labute approximate surface area is 134 Å². The lowest BCUT2D eigenvalue weighted by molar-refractivity contribution is 0.562. The Morgan fingerprint density at radius 2 is 1.71 bits per heavy atom. The van der Waals surface area contributed by atoms with Gasteiger partial charge in [0.05, 0.1) is 5.69 Å². The predicted molar refractivity (Wildman–Crippen MR) is 90.8 cm³/mol. The highest BCUT2D eigenvalue weighted by Crippen LogP contribution is 2.27. The lowest BCUT2D eigenvalue weighted by Gasteiger charge is -2.19. The zero-order chi connectivity index (χ0) is 15.8. The molecule has 1 N–H and O–H groups in total. The first-order chi connectivity index (χ1) is 9.70. The highest BCUT2D eigenvalue weighted by molar-refractivity contribution is 9.10. The van der Waals surface area contributed by atoms with Gasteiger partial charge in [-0.25, -0.2) is 4.98 Å². The number of H-pyrrole nitrogens is 1. The van der Waals surface area contributed by atoms with Crippen molar-refractivity contribution in [3.8, 4) is 11.4 Å². The largest absolute Gasteiger partial charge is 0.306 e. The second-order valence-corrected chi connectivity index (χ2v) is 7.40. The fourth-order valence-corrected chi connectivity index (χ4v) is 2.90. The maximum absolute atomic E-state index is 12.1. The van der Waals surface area contributed by atoms with Gasteiger partial charge in [0.25, 0.3) is 5.56 Å². The molecule has 0 aliphatic rings. The van der Waals surface area contributed by atoms with E-state index in [4.69, 9.17) is 0 Å². The van der Waals surface area contributed by atoms with E-state index in [0.717, 1.165) is 11.3 Å². The molecule has 0 atom stereocenters. The minimum atomic E-state index is -0.195. The van der Waals surface area contributed by atoms with Gasteiger partial charge in [-0.15, -0.1) is 0 Å². The van der Waals surface area contributed by atoms with E-state index in [0.29, 0.717) is 16.2 Å². The number of hydrogen-bond donors (Lipinski definition) is 1. The van der Waals surface area contributed by atoms with Crippen molar-refractivity contribution in [3.63, 3.8) is 0 Å². The van der Waals surface area contributed by atoms with Gasteiger partial charge >= 0.3 is 0 Å². The Balaban J connectivity index is 2.55.